The predicted octanol–water partition coefficient (Wildman–Crippen LogP) is 3.88. The molecule has 4 heterocycles. The van der Waals surface area contributed by atoms with E-state index in [1.54, 1.807) is 6.20 Å². The summed E-state index contributed by atoms with van der Waals surface area (Å²) < 4.78 is 7.07. The van der Waals surface area contributed by atoms with Crippen LogP contribution in [-0.2, 0) is 17.6 Å². The first-order valence-electron chi connectivity index (χ1n) is 10.6. The van der Waals surface area contributed by atoms with Crippen molar-refractivity contribution in [1.29, 1.82) is 0 Å². The van der Waals surface area contributed by atoms with Gasteiger partial charge in [0.05, 0.1) is 23.4 Å². The molecule has 0 saturated carbocycles. The quantitative estimate of drug-likeness (QED) is 0.437. The molecule has 162 valence electrons. The number of anilines is 1. The van der Waals surface area contributed by atoms with E-state index in [0.29, 0.717) is 18.1 Å². The van der Waals surface area contributed by atoms with Crippen molar-refractivity contribution in [2.45, 2.75) is 18.9 Å². The number of nitrogen functional groups attached to an aromatic ring is 1. The lowest BCUT2D eigenvalue weighted by Gasteiger charge is -2.24. The molecule has 0 radical (unpaired) electrons. The van der Waals surface area contributed by atoms with Gasteiger partial charge in [-0.1, -0.05) is 34.1 Å². The molecule has 3 N–H and O–H groups in total. The molecule has 1 aromatic carbocycles. The zero-order valence-electron chi connectivity index (χ0n) is 17.5. The SMILES string of the molecule is Nc1ncnc2nc(-c3cccnc3C3CNCCO3)cc(CCc3ccccc3Br)c12. The first kappa shape index (κ1) is 20.9. The van der Waals surface area contributed by atoms with Crippen LogP contribution in [0.25, 0.3) is 22.3 Å². The van der Waals surface area contributed by atoms with E-state index in [-0.39, 0.29) is 6.10 Å². The highest BCUT2D eigenvalue weighted by atomic mass is 79.9. The summed E-state index contributed by atoms with van der Waals surface area (Å²) in [6.07, 6.45) is 4.78. The van der Waals surface area contributed by atoms with Gasteiger partial charge in [-0.25, -0.2) is 15.0 Å². The lowest BCUT2D eigenvalue weighted by Crippen LogP contribution is -2.34. The molecule has 1 aliphatic rings. The van der Waals surface area contributed by atoms with Crippen molar-refractivity contribution in [1.82, 2.24) is 25.3 Å². The Labute approximate surface area is 194 Å². The van der Waals surface area contributed by atoms with Crippen molar-refractivity contribution in [2.24, 2.45) is 0 Å². The van der Waals surface area contributed by atoms with E-state index in [2.05, 4.69) is 54.4 Å². The minimum absolute atomic E-state index is 0.114. The fourth-order valence-electron chi connectivity index (χ4n) is 4.10. The summed E-state index contributed by atoms with van der Waals surface area (Å²) in [6.45, 7) is 2.23. The smallest absolute Gasteiger partial charge is 0.165 e. The van der Waals surface area contributed by atoms with Gasteiger partial charge < -0.3 is 15.8 Å². The summed E-state index contributed by atoms with van der Waals surface area (Å²) in [6, 6.07) is 14.3. The number of nitrogens with zero attached hydrogens (tertiary/aromatic N) is 4. The first-order valence-corrected chi connectivity index (χ1v) is 11.4. The summed E-state index contributed by atoms with van der Waals surface area (Å²) in [5.41, 5.74) is 11.8. The van der Waals surface area contributed by atoms with Gasteiger partial charge in [0, 0.05) is 29.3 Å². The molecule has 0 aliphatic carbocycles. The molecule has 1 atom stereocenters. The highest BCUT2D eigenvalue weighted by Crippen LogP contribution is 2.32. The van der Waals surface area contributed by atoms with Gasteiger partial charge in [-0.3, -0.25) is 4.98 Å². The van der Waals surface area contributed by atoms with Crippen LogP contribution in [-0.4, -0.2) is 39.6 Å². The number of hydrogen-bond acceptors (Lipinski definition) is 7. The molecule has 1 saturated heterocycles. The monoisotopic (exact) mass is 490 g/mol. The van der Waals surface area contributed by atoms with Gasteiger partial charge in [0.1, 0.15) is 18.2 Å². The largest absolute Gasteiger partial charge is 0.383 e. The average Bonchev–Trinajstić information content (AvgIpc) is 2.84. The molecule has 5 rings (SSSR count). The fraction of sp³-hybridized carbons (Fsp3) is 0.250. The molecule has 8 heteroatoms. The molecule has 3 aromatic heterocycles. The lowest BCUT2D eigenvalue weighted by molar-refractivity contribution is 0.0254. The van der Waals surface area contributed by atoms with Crippen LogP contribution < -0.4 is 11.1 Å². The number of nitrogens with one attached hydrogen (secondary N) is 1. The number of pyridine rings is 2. The molecule has 7 nitrogen and oxygen atoms in total. The van der Waals surface area contributed by atoms with Gasteiger partial charge in [0.25, 0.3) is 0 Å². The second-order valence-electron chi connectivity index (χ2n) is 7.72. The van der Waals surface area contributed by atoms with Crippen LogP contribution in [0.3, 0.4) is 0 Å². The van der Waals surface area contributed by atoms with E-state index in [0.717, 1.165) is 58.3 Å². The Morgan fingerprint density at radius 1 is 1.06 bits per heavy atom. The Balaban J connectivity index is 1.59. The van der Waals surface area contributed by atoms with Gasteiger partial charge in [-0.2, -0.15) is 0 Å². The highest BCUT2D eigenvalue weighted by molar-refractivity contribution is 9.10. The Hall–Kier alpha value is -2.94. The van der Waals surface area contributed by atoms with Crippen LogP contribution in [0, 0.1) is 0 Å². The minimum atomic E-state index is -0.114. The summed E-state index contributed by atoms with van der Waals surface area (Å²) in [7, 11) is 0. The predicted molar refractivity (Wildman–Crippen MR) is 128 cm³/mol. The van der Waals surface area contributed by atoms with Crippen LogP contribution in [0.4, 0.5) is 5.82 Å². The number of fused-ring (bicyclic) bond motifs is 1. The van der Waals surface area contributed by atoms with Crippen LogP contribution in [0.5, 0.6) is 0 Å². The maximum atomic E-state index is 6.25. The second-order valence-corrected chi connectivity index (χ2v) is 8.57. The Bertz CT molecular complexity index is 1260. The van der Waals surface area contributed by atoms with E-state index in [1.165, 1.54) is 11.9 Å². The molecule has 0 bridgehead atoms. The average molecular weight is 491 g/mol. The van der Waals surface area contributed by atoms with Crippen molar-refractivity contribution in [3.05, 3.63) is 76.3 Å². The van der Waals surface area contributed by atoms with Crippen molar-refractivity contribution in [3.63, 3.8) is 0 Å². The zero-order valence-corrected chi connectivity index (χ0v) is 19.0. The number of hydrogen-bond donors (Lipinski definition) is 2. The number of benzene rings is 1. The van der Waals surface area contributed by atoms with Crippen molar-refractivity contribution in [2.75, 3.05) is 25.4 Å². The number of aromatic nitrogens is 4. The number of rotatable bonds is 5. The Morgan fingerprint density at radius 3 is 2.78 bits per heavy atom. The number of ether oxygens (including phenoxy) is 1. The summed E-state index contributed by atoms with van der Waals surface area (Å²) in [4.78, 5) is 18.1. The molecular weight excluding hydrogens is 468 g/mol. The fourth-order valence-corrected chi connectivity index (χ4v) is 4.59. The van der Waals surface area contributed by atoms with E-state index in [4.69, 9.17) is 15.5 Å². The molecule has 0 spiro atoms. The number of nitrogens with two attached hydrogens (primary N) is 1. The topological polar surface area (TPSA) is 98.8 Å². The van der Waals surface area contributed by atoms with Crippen LogP contribution in [0.1, 0.15) is 22.9 Å². The molecular formula is C24H23BrN6O. The minimum Gasteiger partial charge on any atom is -0.383 e. The zero-order chi connectivity index (χ0) is 21.9. The molecule has 32 heavy (non-hydrogen) atoms. The third-order valence-corrected chi connectivity index (χ3v) is 6.46. The second kappa shape index (κ2) is 9.28. The van der Waals surface area contributed by atoms with Gasteiger partial charge in [-0.05, 0) is 48.2 Å². The summed E-state index contributed by atoms with van der Waals surface area (Å²) in [5.74, 6) is 0.447. The molecule has 1 fully saturated rings. The molecule has 1 unspecified atom stereocenters. The van der Waals surface area contributed by atoms with Gasteiger partial charge in [0.2, 0.25) is 0 Å². The van der Waals surface area contributed by atoms with Crippen LogP contribution >= 0.6 is 15.9 Å². The first-order chi connectivity index (χ1) is 15.7. The van der Waals surface area contributed by atoms with Crippen molar-refractivity contribution >= 4 is 32.8 Å². The van der Waals surface area contributed by atoms with Crippen LogP contribution in [0.2, 0.25) is 0 Å². The molecule has 4 aromatic rings. The van der Waals surface area contributed by atoms with Crippen molar-refractivity contribution < 1.29 is 4.74 Å². The number of aryl methyl sites for hydroxylation is 2. The summed E-state index contributed by atoms with van der Waals surface area (Å²) >= 11 is 3.65. The van der Waals surface area contributed by atoms with Crippen LogP contribution in [0.15, 0.2) is 59.5 Å². The Morgan fingerprint density at radius 2 is 1.94 bits per heavy atom. The normalized spacial score (nSPS) is 16.3. The van der Waals surface area contributed by atoms with Gasteiger partial charge >= 0.3 is 0 Å². The number of morpholine rings is 1. The Kier molecular flexibility index (Phi) is 6.07. The standard InChI is InChI=1S/C24H23BrN6O/c25-18-6-2-1-4-15(18)7-8-16-12-19(31-24-21(16)23(26)29-14-30-24)17-5-3-9-28-22(17)20-13-27-10-11-32-20/h1-6,9,12,14,20,27H,7-8,10-11,13H2,(H2,26,29,30,31). The van der Waals surface area contributed by atoms with E-state index in [9.17, 15) is 0 Å². The molecule has 0 amide bonds. The third-order valence-electron chi connectivity index (χ3n) is 5.68. The van der Waals surface area contributed by atoms with Crippen molar-refractivity contribution in [3.8, 4) is 11.3 Å². The maximum absolute atomic E-state index is 6.25. The van der Waals surface area contributed by atoms with E-state index < -0.39 is 0 Å². The number of halogens is 1. The van der Waals surface area contributed by atoms with Gasteiger partial charge in [-0.15, -0.1) is 0 Å². The highest BCUT2D eigenvalue weighted by Gasteiger charge is 2.22. The lowest BCUT2D eigenvalue weighted by atomic mass is 9.98. The third kappa shape index (κ3) is 4.21. The molecule has 1 aliphatic heterocycles. The van der Waals surface area contributed by atoms with E-state index in [1.807, 2.05) is 24.3 Å². The maximum Gasteiger partial charge on any atom is 0.165 e. The summed E-state index contributed by atoms with van der Waals surface area (Å²) in [5, 5.41) is 4.19. The van der Waals surface area contributed by atoms with E-state index >= 15 is 0 Å². The van der Waals surface area contributed by atoms with Gasteiger partial charge in [0.15, 0.2) is 5.65 Å².